The smallest absolute Gasteiger partial charge is 0.245 e. The number of hydrogen-bond donors (Lipinski definition) is 1. The molecule has 0 bridgehead atoms. The van der Waals surface area contributed by atoms with Crippen molar-refractivity contribution >= 4 is 11.8 Å². The molecule has 1 fully saturated rings. The van der Waals surface area contributed by atoms with Crippen molar-refractivity contribution in [2.45, 2.75) is 26.8 Å². The number of ether oxygens (including phenoxy) is 2. The highest BCUT2D eigenvalue weighted by Gasteiger charge is 2.29. The third kappa shape index (κ3) is 6.43. The fraction of sp³-hybridized carbons (Fsp3) is 0.600. The summed E-state index contributed by atoms with van der Waals surface area (Å²) in [5.74, 6) is 1.53. The summed E-state index contributed by atoms with van der Waals surface area (Å²) in [7, 11) is 1.64. The lowest BCUT2D eigenvalue weighted by atomic mass is 10.0. The first-order valence-corrected chi connectivity index (χ1v) is 9.45. The van der Waals surface area contributed by atoms with E-state index in [9.17, 15) is 9.59 Å². The van der Waals surface area contributed by atoms with Gasteiger partial charge in [0.15, 0.2) is 0 Å². The van der Waals surface area contributed by atoms with E-state index in [1.165, 1.54) is 6.92 Å². The zero-order chi connectivity index (χ0) is 19.8. The summed E-state index contributed by atoms with van der Waals surface area (Å²) >= 11 is 0. The van der Waals surface area contributed by atoms with E-state index in [0.717, 1.165) is 31.1 Å². The molecule has 0 spiro atoms. The van der Waals surface area contributed by atoms with Crippen LogP contribution < -0.4 is 14.8 Å². The Bertz CT molecular complexity index is 610. The highest BCUT2D eigenvalue weighted by Crippen LogP contribution is 2.17. The first kappa shape index (κ1) is 21.0. The van der Waals surface area contributed by atoms with E-state index in [1.807, 2.05) is 43.0 Å². The number of carbonyl (C=O) groups is 2. The molecule has 1 aliphatic heterocycles. The fourth-order valence-corrected chi connectivity index (χ4v) is 3.09. The van der Waals surface area contributed by atoms with Crippen LogP contribution in [0.1, 0.15) is 20.8 Å². The number of amides is 2. The largest absolute Gasteiger partial charge is 0.497 e. The third-order valence-electron chi connectivity index (χ3n) is 4.71. The van der Waals surface area contributed by atoms with Gasteiger partial charge in [-0.25, -0.2) is 0 Å². The maximum Gasteiger partial charge on any atom is 0.245 e. The minimum absolute atomic E-state index is 0.00864. The predicted octanol–water partition coefficient (Wildman–Crippen LogP) is 1.38. The van der Waals surface area contributed by atoms with Gasteiger partial charge in [0.1, 0.15) is 24.1 Å². The van der Waals surface area contributed by atoms with Crippen LogP contribution in [0.5, 0.6) is 11.5 Å². The maximum absolute atomic E-state index is 12.7. The second kappa shape index (κ2) is 10.2. The Balaban J connectivity index is 1.74. The maximum atomic E-state index is 12.7. The van der Waals surface area contributed by atoms with Gasteiger partial charge in [0, 0.05) is 39.6 Å². The summed E-state index contributed by atoms with van der Waals surface area (Å²) in [6.07, 6.45) is 0. The van der Waals surface area contributed by atoms with E-state index in [1.54, 1.807) is 7.11 Å². The van der Waals surface area contributed by atoms with Gasteiger partial charge < -0.3 is 19.7 Å². The number of rotatable bonds is 8. The quantitative estimate of drug-likeness (QED) is 0.741. The summed E-state index contributed by atoms with van der Waals surface area (Å²) in [5.41, 5.74) is 0. The van der Waals surface area contributed by atoms with Crippen molar-refractivity contribution in [3.05, 3.63) is 24.3 Å². The summed E-state index contributed by atoms with van der Waals surface area (Å²) < 4.78 is 10.9. The van der Waals surface area contributed by atoms with Gasteiger partial charge in [-0.2, -0.15) is 0 Å². The lowest BCUT2D eigenvalue weighted by molar-refractivity contribution is -0.138. The van der Waals surface area contributed by atoms with Crippen molar-refractivity contribution in [3.8, 4) is 11.5 Å². The Kier molecular flexibility index (Phi) is 7.91. The zero-order valence-corrected chi connectivity index (χ0v) is 16.7. The number of piperazine rings is 1. The first-order valence-electron chi connectivity index (χ1n) is 9.45. The number of nitrogens with one attached hydrogen (secondary N) is 1. The molecule has 7 nitrogen and oxygen atoms in total. The summed E-state index contributed by atoms with van der Waals surface area (Å²) in [6.45, 7) is 9.72. The Morgan fingerprint density at radius 3 is 2.19 bits per heavy atom. The molecule has 7 heteroatoms. The normalized spacial score (nSPS) is 16.1. The third-order valence-corrected chi connectivity index (χ3v) is 4.71. The Labute approximate surface area is 161 Å². The van der Waals surface area contributed by atoms with Crippen LogP contribution in [0.4, 0.5) is 0 Å². The molecular formula is C20H31N3O4. The summed E-state index contributed by atoms with van der Waals surface area (Å²) in [6, 6.07) is 7.08. The Morgan fingerprint density at radius 1 is 1.07 bits per heavy atom. The molecule has 0 aliphatic carbocycles. The number of benzene rings is 1. The van der Waals surface area contributed by atoms with Crippen LogP contribution in [-0.2, 0) is 9.59 Å². The molecule has 1 heterocycles. The van der Waals surface area contributed by atoms with Gasteiger partial charge in [-0.15, -0.1) is 0 Å². The molecule has 150 valence electrons. The predicted molar refractivity (Wildman–Crippen MR) is 104 cm³/mol. The van der Waals surface area contributed by atoms with E-state index in [-0.39, 0.29) is 17.7 Å². The molecule has 27 heavy (non-hydrogen) atoms. The van der Waals surface area contributed by atoms with Gasteiger partial charge >= 0.3 is 0 Å². The molecule has 0 saturated carbocycles. The lowest BCUT2D eigenvalue weighted by Gasteiger charge is -2.37. The molecule has 2 rings (SSSR count). The summed E-state index contributed by atoms with van der Waals surface area (Å²) in [5, 5.41) is 2.78. The van der Waals surface area contributed by atoms with Gasteiger partial charge in [-0.1, -0.05) is 13.8 Å². The van der Waals surface area contributed by atoms with Crippen molar-refractivity contribution in [2.24, 2.45) is 5.92 Å². The molecule has 1 aliphatic rings. The van der Waals surface area contributed by atoms with Crippen LogP contribution in [0.2, 0.25) is 0 Å². The monoisotopic (exact) mass is 377 g/mol. The Hall–Kier alpha value is -2.28. The van der Waals surface area contributed by atoms with Crippen LogP contribution in [-0.4, -0.2) is 74.1 Å². The van der Waals surface area contributed by atoms with Gasteiger partial charge in [0.2, 0.25) is 11.8 Å². The molecule has 1 atom stereocenters. The second-order valence-corrected chi connectivity index (χ2v) is 7.11. The van der Waals surface area contributed by atoms with Crippen molar-refractivity contribution < 1.29 is 19.1 Å². The van der Waals surface area contributed by atoms with Crippen LogP contribution in [0.15, 0.2) is 24.3 Å². The van der Waals surface area contributed by atoms with Gasteiger partial charge in [-0.05, 0) is 30.2 Å². The summed E-state index contributed by atoms with van der Waals surface area (Å²) in [4.78, 5) is 28.2. The molecule has 1 aromatic rings. The standard InChI is InChI=1S/C20H31N3O4/c1-15(2)19(21-16(3)24)20(25)23-11-9-22(10-12-23)13-14-27-18-7-5-17(26-4)6-8-18/h5-8,15,19H,9-14H2,1-4H3,(H,21,24)/t19-/m1/s1. The van der Waals surface area contributed by atoms with E-state index >= 15 is 0 Å². The average Bonchev–Trinajstić information content (AvgIpc) is 2.66. The van der Waals surface area contributed by atoms with Crippen LogP contribution in [0.25, 0.3) is 0 Å². The molecular weight excluding hydrogens is 346 g/mol. The van der Waals surface area contributed by atoms with Crippen LogP contribution in [0.3, 0.4) is 0 Å². The van der Waals surface area contributed by atoms with Crippen LogP contribution >= 0.6 is 0 Å². The molecule has 0 unspecified atom stereocenters. The number of methoxy groups -OCH3 is 1. The lowest BCUT2D eigenvalue weighted by Crippen LogP contribution is -2.56. The van der Waals surface area contributed by atoms with Crippen molar-refractivity contribution in [1.29, 1.82) is 0 Å². The fourth-order valence-electron chi connectivity index (χ4n) is 3.09. The SMILES string of the molecule is COc1ccc(OCCN2CCN(C(=O)[C@H](NC(C)=O)C(C)C)CC2)cc1. The van der Waals surface area contributed by atoms with Crippen molar-refractivity contribution in [2.75, 3.05) is 46.4 Å². The second-order valence-electron chi connectivity index (χ2n) is 7.11. The minimum Gasteiger partial charge on any atom is -0.497 e. The van der Waals surface area contributed by atoms with E-state index < -0.39 is 6.04 Å². The number of hydrogen-bond acceptors (Lipinski definition) is 5. The van der Waals surface area contributed by atoms with E-state index in [2.05, 4.69) is 10.2 Å². The number of nitrogens with zero attached hydrogens (tertiary/aromatic N) is 2. The van der Waals surface area contributed by atoms with Crippen molar-refractivity contribution in [3.63, 3.8) is 0 Å². The van der Waals surface area contributed by atoms with Gasteiger partial charge in [-0.3, -0.25) is 14.5 Å². The van der Waals surface area contributed by atoms with Crippen molar-refractivity contribution in [1.82, 2.24) is 15.1 Å². The number of carbonyl (C=O) groups excluding carboxylic acids is 2. The topological polar surface area (TPSA) is 71.1 Å². The van der Waals surface area contributed by atoms with Gasteiger partial charge in [0.05, 0.1) is 7.11 Å². The highest BCUT2D eigenvalue weighted by atomic mass is 16.5. The molecule has 2 amide bonds. The Morgan fingerprint density at radius 2 is 1.67 bits per heavy atom. The molecule has 0 aromatic heterocycles. The molecule has 0 radical (unpaired) electrons. The van der Waals surface area contributed by atoms with Crippen LogP contribution in [0, 0.1) is 5.92 Å². The molecule has 1 saturated heterocycles. The van der Waals surface area contributed by atoms with E-state index in [4.69, 9.17) is 9.47 Å². The average molecular weight is 377 g/mol. The van der Waals surface area contributed by atoms with Gasteiger partial charge in [0.25, 0.3) is 0 Å². The van der Waals surface area contributed by atoms with E-state index in [0.29, 0.717) is 19.7 Å². The zero-order valence-electron chi connectivity index (χ0n) is 16.7. The first-order chi connectivity index (χ1) is 12.9. The molecule has 1 N–H and O–H groups in total. The minimum atomic E-state index is -0.451. The highest BCUT2D eigenvalue weighted by molar-refractivity contribution is 5.87. The molecule has 1 aromatic carbocycles.